The average Bonchev–Trinajstić information content (AvgIpc) is 3.37. The third kappa shape index (κ3) is 4.70. The number of aliphatic hydroxyl groups excluding tert-OH is 1. The highest BCUT2D eigenvalue weighted by molar-refractivity contribution is 5.94. The number of fused-ring (bicyclic) bond motifs is 2. The van der Waals surface area contributed by atoms with Crippen molar-refractivity contribution in [1.82, 2.24) is 9.78 Å². The number of hydrogen-bond donors (Lipinski definition) is 2. The Bertz CT molecular complexity index is 1110. The quantitative estimate of drug-likeness (QED) is 0.594. The molecule has 2 N–H and O–H groups in total. The maximum Gasteiger partial charge on any atom is 0.435 e. The van der Waals surface area contributed by atoms with Crippen molar-refractivity contribution >= 4 is 11.6 Å². The first-order chi connectivity index (χ1) is 16.0. The van der Waals surface area contributed by atoms with Crippen molar-refractivity contribution < 1.29 is 54.2 Å². The number of hydrogen-bond acceptors (Lipinski definition) is 4. The minimum absolute atomic E-state index is 0.124. The van der Waals surface area contributed by atoms with Crippen LogP contribution in [0, 0.1) is 5.92 Å². The van der Waals surface area contributed by atoms with Crippen LogP contribution < -0.4 is 5.32 Å². The molecule has 35 heavy (non-hydrogen) atoms. The SMILES string of the molecule is Cn1cc([C@H]2[C@H]3O[C@H](C[C@@H]3O)[C@@H]2C(=O)Nc2cc(C(F)(F)F)cc(C(F)(F)F)c2)c(C(F)(F)F)n1. The summed E-state index contributed by atoms with van der Waals surface area (Å²) in [6.45, 7) is 0. The van der Waals surface area contributed by atoms with Crippen molar-refractivity contribution in [2.45, 2.75) is 49.2 Å². The third-order valence-corrected chi connectivity index (χ3v) is 5.97. The summed E-state index contributed by atoms with van der Waals surface area (Å²) in [6.07, 6.45) is -18.1. The van der Waals surface area contributed by atoms with Crippen LogP contribution in [0.4, 0.5) is 45.2 Å². The monoisotopic (exact) mass is 517 g/mol. The number of carbonyl (C=O) groups is 1. The smallest absolute Gasteiger partial charge is 0.390 e. The lowest BCUT2D eigenvalue weighted by atomic mass is 9.73. The number of halogens is 9. The second kappa shape index (κ2) is 8.11. The Morgan fingerprint density at radius 1 is 1.03 bits per heavy atom. The van der Waals surface area contributed by atoms with Gasteiger partial charge in [0.15, 0.2) is 5.69 Å². The van der Waals surface area contributed by atoms with E-state index in [9.17, 15) is 49.4 Å². The molecule has 1 amide bonds. The molecular weight excluding hydrogens is 501 g/mol. The fourth-order valence-electron chi connectivity index (χ4n) is 4.64. The van der Waals surface area contributed by atoms with E-state index in [4.69, 9.17) is 4.74 Å². The number of ether oxygens (including phenoxy) is 1. The van der Waals surface area contributed by atoms with Gasteiger partial charge in [-0.3, -0.25) is 9.48 Å². The number of amides is 1. The predicted octanol–water partition coefficient (Wildman–Crippen LogP) is 4.35. The van der Waals surface area contributed by atoms with E-state index in [0.717, 1.165) is 10.9 Å². The van der Waals surface area contributed by atoms with E-state index in [-0.39, 0.29) is 24.6 Å². The van der Waals surface area contributed by atoms with Crippen LogP contribution >= 0.6 is 0 Å². The Balaban J connectivity index is 1.72. The van der Waals surface area contributed by atoms with Gasteiger partial charge < -0.3 is 15.2 Å². The zero-order chi connectivity index (χ0) is 26.1. The molecule has 0 aliphatic carbocycles. The Hall–Kier alpha value is -2.81. The first-order valence-electron chi connectivity index (χ1n) is 10.0. The van der Waals surface area contributed by atoms with Gasteiger partial charge in [-0.05, 0) is 18.2 Å². The summed E-state index contributed by atoms with van der Waals surface area (Å²) in [7, 11) is 1.19. The minimum atomic E-state index is -5.17. The van der Waals surface area contributed by atoms with Crippen molar-refractivity contribution in [3.05, 3.63) is 46.8 Å². The number of rotatable bonds is 3. The van der Waals surface area contributed by atoms with Crippen LogP contribution in [-0.4, -0.2) is 39.1 Å². The predicted molar refractivity (Wildman–Crippen MR) is 98.8 cm³/mol. The van der Waals surface area contributed by atoms with E-state index in [1.165, 1.54) is 7.05 Å². The normalized spacial score (nSPS) is 26.9. The van der Waals surface area contributed by atoms with Gasteiger partial charge >= 0.3 is 18.5 Å². The summed E-state index contributed by atoms with van der Waals surface area (Å²) in [5.74, 6) is -4.00. The van der Waals surface area contributed by atoms with Crippen molar-refractivity contribution in [3.8, 4) is 0 Å². The molecule has 0 unspecified atom stereocenters. The number of nitrogens with one attached hydrogen (secondary N) is 1. The second-order valence-electron chi connectivity index (χ2n) is 8.38. The molecule has 1 aromatic carbocycles. The average molecular weight is 517 g/mol. The second-order valence-corrected chi connectivity index (χ2v) is 8.38. The first kappa shape index (κ1) is 25.3. The molecule has 0 radical (unpaired) electrons. The fraction of sp³-hybridized carbons (Fsp3) is 0.500. The molecule has 192 valence electrons. The molecule has 2 aliphatic heterocycles. The molecule has 2 aromatic rings. The lowest BCUT2D eigenvalue weighted by Gasteiger charge is -2.30. The summed E-state index contributed by atoms with van der Waals surface area (Å²) in [5.41, 5.74) is -6.02. The Kier molecular flexibility index (Phi) is 5.86. The highest BCUT2D eigenvalue weighted by Gasteiger charge is 2.59. The third-order valence-electron chi connectivity index (χ3n) is 5.97. The molecule has 1 aromatic heterocycles. The summed E-state index contributed by atoms with van der Waals surface area (Å²) < 4.78 is 126. The molecule has 15 heteroatoms. The Labute approximate surface area is 190 Å². The van der Waals surface area contributed by atoms with Gasteiger partial charge in [0.25, 0.3) is 0 Å². The van der Waals surface area contributed by atoms with Crippen LogP contribution in [0.5, 0.6) is 0 Å². The number of aromatic nitrogens is 2. The number of anilines is 1. The first-order valence-corrected chi connectivity index (χ1v) is 10.0. The number of aliphatic hydroxyl groups is 1. The van der Waals surface area contributed by atoms with E-state index >= 15 is 0 Å². The topological polar surface area (TPSA) is 76.4 Å². The van der Waals surface area contributed by atoms with Gasteiger partial charge in [0.1, 0.15) is 0 Å². The van der Waals surface area contributed by atoms with Crippen molar-refractivity contribution in [3.63, 3.8) is 0 Å². The van der Waals surface area contributed by atoms with Crippen LogP contribution in [0.3, 0.4) is 0 Å². The zero-order valence-electron chi connectivity index (χ0n) is 17.5. The zero-order valence-corrected chi connectivity index (χ0v) is 17.5. The molecule has 3 heterocycles. The van der Waals surface area contributed by atoms with Gasteiger partial charge in [0.2, 0.25) is 5.91 Å². The summed E-state index contributed by atoms with van der Waals surface area (Å²) in [5, 5.41) is 15.5. The number of nitrogens with zero attached hydrogens (tertiary/aromatic N) is 2. The molecule has 2 saturated heterocycles. The molecule has 2 bridgehead atoms. The standard InChI is InChI=1S/C20H16F9N3O3/c1-32-6-10(16(31-32)20(27,28)29)13-14(12-5-11(33)15(13)35-12)17(34)30-9-3-7(18(21,22)23)2-8(4-9)19(24,25)26/h2-4,6,11-15,33H,5H2,1H3,(H,30,34)/t11-,12+,13+,14-,15-/m0/s1. The Morgan fingerprint density at radius 3 is 2.11 bits per heavy atom. The van der Waals surface area contributed by atoms with Crippen LogP contribution in [-0.2, 0) is 35.1 Å². The van der Waals surface area contributed by atoms with E-state index in [0.29, 0.717) is 0 Å². The maximum atomic E-state index is 13.5. The summed E-state index contributed by atoms with van der Waals surface area (Å²) in [4.78, 5) is 13.0. The number of alkyl halides is 9. The van der Waals surface area contributed by atoms with Gasteiger partial charge in [-0.2, -0.15) is 44.6 Å². The van der Waals surface area contributed by atoms with Crippen LogP contribution in [0.1, 0.15) is 34.7 Å². The van der Waals surface area contributed by atoms with Crippen LogP contribution in [0.25, 0.3) is 0 Å². The minimum Gasteiger partial charge on any atom is -0.390 e. The summed E-state index contributed by atoms with van der Waals surface area (Å²) >= 11 is 0. The molecule has 5 atom stereocenters. The lowest BCUT2D eigenvalue weighted by molar-refractivity contribution is -0.143. The molecule has 0 spiro atoms. The van der Waals surface area contributed by atoms with Gasteiger partial charge in [-0.25, -0.2) is 0 Å². The molecule has 2 aliphatic rings. The molecule has 6 nitrogen and oxygen atoms in total. The Morgan fingerprint density at radius 2 is 1.60 bits per heavy atom. The van der Waals surface area contributed by atoms with Gasteiger partial charge in [-0.1, -0.05) is 0 Å². The van der Waals surface area contributed by atoms with Gasteiger partial charge in [0.05, 0.1) is 35.4 Å². The highest BCUT2D eigenvalue weighted by Crippen LogP contribution is 2.51. The number of benzene rings is 1. The molecule has 4 rings (SSSR count). The van der Waals surface area contributed by atoms with E-state index in [2.05, 4.69) is 5.10 Å². The van der Waals surface area contributed by atoms with E-state index in [1.807, 2.05) is 5.32 Å². The number of aryl methyl sites for hydroxylation is 1. The van der Waals surface area contributed by atoms with E-state index in [1.54, 1.807) is 0 Å². The largest absolute Gasteiger partial charge is 0.435 e. The van der Waals surface area contributed by atoms with Crippen LogP contribution in [0.15, 0.2) is 24.4 Å². The van der Waals surface area contributed by atoms with Crippen LogP contribution in [0.2, 0.25) is 0 Å². The van der Waals surface area contributed by atoms with Crippen molar-refractivity contribution in [1.29, 1.82) is 0 Å². The fourth-order valence-corrected chi connectivity index (χ4v) is 4.64. The van der Waals surface area contributed by atoms with Gasteiger partial charge in [0, 0.05) is 36.8 Å². The molecular formula is C20H16F9N3O3. The van der Waals surface area contributed by atoms with Crippen molar-refractivity contribution in [2.75, 3.05) is 5.32 Å². The van der Waals surface area contributed by atoms with E-state index < -0.39 is 82.7 Å². The molecule has 0 saturated carbocycles. The van der Waals surface area contributed by atoms with Crippen molar-refractivity contribution in [2.24, 2.45) is 13.0 Å². The number of carbonyl (C=O) groups excluding carboxylic acids is 1. The van der Waals surface area contributed by atoms with Gasteiger partial charge in [-0.15, -0.1) is 0 Å². The maximum absolute atomic E-state index is 13.5. The summed E-state index contributed by atoms with van der Waals surface area (Å²) in [6, 6.07) is 0.452. The highest BCUT2D eigenvalue weighted by atomic mass is 19.4. The lowest BCUT2D eigenvalue weighted by Crippen LogP contribution is -2.41. The molecule has 2 fully saturated rings.